The maximum absolute atomic E-state index is 10.6. The van der Waals surface area contributed by atoms with E-state index in [-0.39, 0.29) is 17.9 Å². The topological polar surface area (TPSA) is 49.7 Å². The molecule has 6 unspecified atom stereocenters. The molecule has 17 heavy (non-hydrogen) atoms. The van der Waals surface area contributed by atoms with Gasteiger partial charge in [0.2, 0.25) is 0 Å². The second kappa shape index (κ2) is 4.22. The lowest BCUT2D eigenvalue weighted by Crippen LogP contribution is -2.54. The molecule has 2 N–H and O–H groups in total. The van der Waals surface area contributed by atoms with Crippen molar-refractivity contribution >= 4 is 0 Å². The molecule has 7 atom stereocenters. The average Bonchev–Trinajstić information content (AvgIpc) is 2.35. The van der Waals surface area contributed by atoms with E-state index in [0.29, 0.717) is 17.8 Å². The van der Waals surface area contributed by atoms with E-state index in [1.54, 1.807) is 0 Å². The van der Waals surface area contributed by atoms with Crippen molar-refractivity contribution in [2.24, 2.45) is 29.6 Å². The third kappa shape index (κ3) is 1.83. The van der Waals surface area contributed by atoms with Gasteiger partial charge in [-0.3, -0.25) is 0 Å². The molecule has 3 nitrogen and oxygen atoms in total. The third-order valence-electron chi connectivity index (χ3n) is 5.07. The van der Waals surface area contributed by atoms with Crippen LogP contribution in [0, 0.1) is 29.6 Å². The van der Waals surface area contributed by atoms with Crippen LogP contribution in [0.25, 0.3) is 0 Å². The Morgan fingerprint density at radius 1 is 1.24 bits per heavy atom. The van der Waals surface area contributed by atoms with E-state index in [1.807, 2.05) is 13.8 Å². The lowest BCUT2D eigenvalue weighted by atomic mass is 9.60. The summed E-state index contributed by atoms with van der Waals surface area (Å²) in [5.41, 5.74) is -0.555. The van der Waals surface area contributed by atoms with Gasteiger partial charge < -0.3 is 14.9 Å². The van der Waals surface area contributed by atoms with E-state index in [2.05, 4.69) is 20.8 Å². The molecule has 0 aromatic heterocycles. The normalized spacial score (nSPS) is 51.2. The van der Waals surface area contributed by atoms with Crippen LogP contribution < -0.4 is 0 Å². The van der Waals surface area contributed by atoms with Crippen molar-refractivity contribution < 1.29 is 14.9 Å². The van der Waals surface area contributed by atoms with E-state index in [4.69, 9.17) is 4.74 Å². The van der Waals surface area contributed by atoms with Crippen molar-refractivity contribution in [1.29, 1.82) is 0 Å². The molecule has 0 aliphatic heterocycles. The van der Waals surface area contributed by atoms with E-state index in [9.17, 15) is 10.2 Å². The number of aliphatic hydroxyl groups is 2. The number of fused-ring (bicyclic) bond motifs is 1. The fourth-order valence-corrected chi connectivity index (χ4v) is 4.08. The van der Waals surface area contributed by atoms with Crippen molar-refractivity contribution in [3.8, 4) is 0 Å². The highest BCUT2D eigenvalue weighted by Gasteiger charge is 2.65. The van der Waals surface area contributed by atoms with Crippen molar-refractivity contribution in [2.75, 3.05) is 0 Å². The highest BCUT2D eigenvalue weighted by Crippen LogP contribution is 2.60. The van der Waals surface area contributed by atoms with Gasteiger partial charge in [-0.15, -0.1) is 0 Å². The minimum absolute atomic E-state index is 0.0210. The van der Waals surface area contributed by atoms with Crippen LogP contribution in [0.3, 0.4) is 0 Å². The highest BCUT2D eigenvalue weighted by molar-refractivity contribution is 5.14. The SMILES string of the molecule is CC(C)C(O)OC1C(C)C2(O)CC(C)C2[C@@H]1C. The van der Waals surface area contributed by atoms with E-state index < -0.39 is 11.9 Å². The summed E-state index contributed by atoms with van der Waals surface area (Å²) in [6, 6.07) is 0. The van der Waals surface area contributed by atoms with Gasteiger partial charge in [0.05, 0.1) is 11.7 Å². The summed E-state index contributed by atoms with van der Waals surface area (Å²) in [6.07, 6.45) is 0.134. The van der Waals surface area contributed by atoms with Gasteiger partial charge in [-0.05, 0) is 24.2 Å². The van der Waals surface area contributed by atoms with Crippen molar-refractivity contribution in [2.45, 2.75) is 59.0 Å². The molecule has 0 bridgehead atoms. The molecule has 2 fully saturated rings. The first-order chi connectivity index (χ1) is 7.79. The number of hydrogen-bond acceptors (Lipinski definition) is 3. The fourth-order valence-electron chi connectivity index (χ4n) is 4.08. The van der Waals surface area contributed by atoms with Crippen LogP contribution in [-0.4, -0.2) is 28.2 Å². The summed E-state index contributed by atoms with van der Waals surface area (Å²) in [5.74, 6) is 1.45. The Bertz CT molecular complexity index is 291. The first-order valence-corrected chi connectivity index (χ1v) is 6.85. The van der Waals surface area contributed by atoms with Gasteiger partial charge in [0.15, 0.2) is 6.29 Å². The Morgan fingerprint density at radius 2 is 1.82 bits per heavy atom. The molecule has 2 aliphatic rings. The lowest BCUT2D eigenvalue weighted by Gasteiger charge is -2.49. The summed E-state index contributed by atoms with van der Waals surface area (Å²) in [7, 11) is 0. The number of aliphatic hydroxyl groups excluding tert-OH is 1. The Labute approximate surface area is 104 Å². The van der Waals surface area contributed by atoms with Crippen molar-refractivity contribution in [3.05, 3.63) is 0 Å². The monoisotopic (exact) mass is 242 g/mol. The molecule has 2 saturated carbocycles. The number of hydrogen-bond donors (Lipinski definition) is 2. The molecule has 2 rings (SSSR count). The van der Waals surface area contributed by atoms with Gasteiger partial charge in [-0.1, -0.05) is 34.6 Å². The van der Waals surface area contributed by atoms with E-state index in [0.717, 1.165) is 6.42 Å². The van der Waals surface area contributed by atoms with Gasteiger partial charge >= 0.3 is 0 Å². The summed E-state index contributed by atoms with van der Waals surface area (Å²) in [4.78, 5) is 0. The molecule has 0 heterocycles. The molecular formula is C14H26O3. The molecule has 0 amide bonds. The van der Waals surface area contributed by atoms with E-state index in [1.165, 1.54) is 0 Å². The summed E-state index contributed by atoms with van der Waals surface area (Å²) in [6.45, 7) is 10.3. The van der Waals surface area contributed by atoms with Gasteiger partial charge in [0.1, 0.15) is 0 Å². The Balaban J connectivity index is 2.09. The molecular weight excluding hydrogens is 216 g/mol. The number of rotatable bonds is 3. The zero-order chi connectivity index (χ0) is 13.0. The van der Waals surface area contributed by atoms with Crippen LogP contribution in [0.4, 0.5) is 0 Å². The molecule has 0 aromatic carbocycles. The van der Waals surface area contributed by atoms with Crippen LogP contribution >= 0.6 is 0 Å². The Morgan fingerprint density at radius 3 is 2.24 bits per heavy atom. The van der Waals surface area contributed by atoms with Gasteiger partial charge in [-0.25, -0.2) is 0 Å². The van der Waals surface area contributed by atoms with E-state index >= 15 is 0 Å². The van der Waals surface area contributed by atoms with Gasteiger partial charge in [0, 0.05) is 11.8 Å². The largest absolute Gasteiger partial charge is 0.389 e. The fraction of sp³-hybridized carbons (Fsp3) is 1.00. The molecule has 0 radical (unpaired) electrons. The number of ether oxygens (including phenoxy) is 1. The predicted octanol–water partition coefficient (Wildman–Crippen LogP) is 2.02. The standard InChI is InChI=1S/C14H26O3/c1-7(2)13(15)17-12-9(4)11-8(3)6-14(11,16)10(12)5/h7-13,15-16H,6H2,1-5H3/t8?,9-,10?,11?,12?,13?,14?/m0/s1. The summed E-state index contributed by atoms with van der Waals surface area (Å²) in [5, 5.41) is 20.5. The average molecular weight is 242 g/mol. The molecule has 0 aromatic rings. The minimum atomic E-state index is -0.721. The first kappa shape index (κ1) is 13.3. The quantitative estimate of drug-likeness (QED) is 0.744. The molecule has 3 heteroatoms. The lowest BCUT2D eigenvalue weighted by molar-refractivity contribution is -0.184. The van der Waals surface area contributed by atoms with Crippen LogP contribution in [0.2, 0.25) is 0 Å². The second-order valence-corrected chi connectivity index (χ2v) is 6.58. The summed E-state index contributed by atoms with van der Waals surface area (Å²) < 4.78 is 5.79. The molecule has 100 valence electrons. The second-order valence-electron chi connectivity index (χ2n) is 6.58. The minimum Gasteiger partial charge on any atom is -0.389 e. The Kier molecular flexibility index (Phi) is 3.30. The maximum atomic E-state index is 10.6. The maximum Gasteiger partial charge on any atom is 0.157 e. The van der Waals surface area contributed by atoms with Gasteiger partial charge in [-0.2, -0.15) is 0 Å². The smallest absolute Gasteiger partial charge is 0.157 e. The zero-order valence-corrected chi connectivity index (χ0v) is 11.6. The van der Waals surface area contributed by atoms with Crippen LogP contribution in [0.1, 0.15) is 41.0 Å². The van der Waals surface area contributed by atoms with Crippen LogP contribution in [-0.2, 0) is 4.74 Å². The predicted molar refractivity (Wildman–Crippen MR) is 66.3 cm³/mol. The van der Waals surface area contributed by atoms with Crippen molar-refractivity contribution in [1.82, 2.24) is 0 Å². The molecule has 0 saturated heterocycles. The third-order valence-corrected chi connectivity index (χ3v) is 5.07. The first-order valence-electron chi connectivity index (χ1n) is 6.85. The molecule has 2 aliphatic carbocycles. The van der Waals surface area contributed by atoms with Gasteiger partial charge in [0.25, 0.3) is 0 Å². The molecule has 0 spiro atoms. The van der Waals surface area contributed by atoms with Crippen LogP contribution in [0.15, 0.2) is 0 Å². The summed E-state index contributed by atoms with van der Waals surface area (Å²) >= 11 is 0. The Hall–Kier alpha value is -0.120. The van der Waals surface area contributed by atoms with Crippen LogP contribution in [0.5, 0.6) is 0 Å². The highest BCUT2D eigenvalue weighted by atomic mass is 16.6. The zero-order valence-electron chi connectivity index (χ0n) is 11.6. The van der Waals surface area contributed by atoms with Crippen molar-refractivity contribution in [3.63, 3.8) is 0 Å².